The second kappa shape index (κ2) is 8.86. The number of carbonyl (C=O) groups is 2. The van der Waals surface area contributed by atoms with E-state index in [0.29, 0.717) is 16.8 Å². The van der Waals surface area contributed by atoms with Crippen LogP contribution in [0, 0.1) is 0 Å². The van der Waals surface area contributed by atoms with E-state index in [9.17, 15) is 22.8 Å². The van der Waals surface area contributed by atoms with Crippen LogP contribution in [0.2, 0.25) is 0 Å². The Labute approximate surface area is 200 Å². The fourth-order valence-electron chi connectivity index (χ4n) is 3.49. The summed E-state index contributed by atoms with van der Waals surface area (Å²) in [6, 6.07) is 7.96. The average Bonchev–Trinajstić information content (AvgIpc) is 3.32. The van der Waals surface area contributed by atoms with E-state index < -0.39 is 23.0 Å². The molecule has 0 fully saturated rings. The van der Waals surface area contributed by atoms with Gasteiger partial charge < -0.3 is 16.0 Å². The van der Waals surface area contributed by atoms with Crippen LogP contribution in [0.1, 0.15) is 62.0 Å². The quantitative estimate of drug-likeness (QED) is 0.510. The molecule has 0 aliphatic carbocycles. The van der Waals surface area contributed by atoms with Gasteiger partial charge in [-0.15, -0.1) is 0 Å². The van der Waals surface area contributed by atoms with Crippen LogP contribution < -0.4 is 11.5 Å². The van der Waals surface area contributed by atoms with Crippen molar-refractivity contribution >= 4 is 17.5 Å². The van der Waals surface area contributed by atoms with Crippen molar-refractivity contribution in [2.24, 2.45) is 5.73 Å². The van der Waals surface area contributed by atoms with Crippen molar-refractivity contribution in [3.8, 4) is 11.3 Å². The number of halogens is 3. The molecule has 1 amide bonds. The number of benzene rings is 1. The molecule has 11 heteroatoms. The van der Waals surface area contributed by atoms with E-state index in [4.69, 9.17) is 16.0 Å². The topological polar surface area (TPSA) is 130 Å². The number of Topliss-reactive ketones (excluding diaryl/α,β-unsaturated/α-hetero) is 1. The minimum Gasteiger partial charge on any atom is -0.383 e. The summed E-state index contributed by atoms with van der Waals surface area (Å²) in [6.07, 6.45) is -4.65. The van der Waals surface area contributed by atoms with Gasteiger partial charge in [0.25, 0.3) is 5.91 Å². The Balaban J connectivity index is 1.76. The minimum absolute atomic E-state index is 0.0341. The zero-order chi connectivity index (χ0) is 26.3. The highest BCUT2D eigenvalue weighted by Crippen LogP contribution is 2.40. The molecule has 0 bridgehead atoms. The van der Waals surface area contributed by atoms with Crippen LogP contribution in [0.4, 0.5) is 19.0 Å². The summed E-state index contributed by atoms with van der Waals surface area (Å²) < 4.78 is 46.0. The molecular weight excluding hydrogens is 463 g/mol. The van der Waals surface area contributed by atoms with E-state index in [1.54, 1.807) is 24.3 Å². The molecule has 3 rings (SSSR count). The van der Waals surface area contributed by atoms with E-state index in [2.05, 4.69) is 10.3 Å². The molecular formula is C24H28F3N5O3. The Bertz CT molecular complexity index is 1250. The van der Waals surface area contributed by atoms with Gasteiger partial charge in [-0.2, -0.15) is 18.3 Å². The summed E-state index contributed by atoms with van der Waals surface area (Å²) in [6.45, 7) is 7.65. The number of nitrogen functional groups attached to an aromatic ring is 1. The maximum absolute atomic E-state index is 13.2. The van der Waals surface area contributed by atoms with E-state index in [0.717, 1.165) is 19.9 Å². The first-order valence-electron chi connectivity index (χ1n) is 10.8. The summed E-state index contributed by atoms with van der Waals surface area (Å²) in [4.78, 5) is 24.5. The van der Waals surface area contributed by atoms with Gasteiger partial charge in [0.2, 0.25) is 0 Å². The van der Waals surface area contributed by atoms with Gasteiger partial charge in [-0.3, -0.25) is 9.59 Å². The molecule has 0 unspecified atom stereocenters. The number of alkyl halides is 3. The number of ketones is 1. The second-order valence-electron chi connectivity index (χ2n) is 9.95. The number of primary amides is 1. The van der Waals surface area contributed by atoms with E-state index >= 15 is 0 Å². The molecule has 0 saturated carbocycles. The molecule has 0 spiro atoms. The number of hydrogen-bond donors (Lipinski definition) is 2. The van der Waals surface area contributed by atoms with Crippen molar-refractivity contribution in [1.82, 2.24) is 14.9 Å². The standard InChI is InChI=1S/C24H28F3N5O3/c1-22(2,3)32-20(28)18(21(29)34)19(30-32)14-8-6-13(7-9-14)10-16(33)11-15-12-17(35-31-15)23(4,5)24(25,26)27/h6-9,12H,10-11,28H2,1-5H3,(H2,29,34). The lowest BCUT2D eigenvalue weighted by atomic mass is 9.89. The van der Waals surface area contributed by atoms with Gasteiger partial charge in [-0.1, -0.05) is 29.4 Å². The predicted molar refractivity (Wildman–Crippen MR) is 124 cm³/mol. The van der Waals surface area contributed by atoms with E-state index in [1.165, 1.54) is 4.68 Å². The largest absolute Gasteiger partial charge is 0.401 e. The summed E-state index contributed by atoms with van der Waals surface area (Å²) >= 11 is 0. The average molecular weight is 492 g/mol. The first kappa shape index (κ1) is 26.0. The number of anilines is 1. The third kappa shape index (κ3) is 5.23. The first-order chi connectivity index (χ1) is 16.0. The van der Waals surface area contributed by atoms with Gasteiger partial charge in [-0.05, 0) is 40.2 Å². The monoisotopic (exact) mass is 491 g/mol. The van der Waals surface area contributed by atoms with Gasteiger partial charge in [0, 0.05) is 18.1 Å². The molecule has 35 heavy (non-hydrogen) atoms. The summed E-state index contributed by atoms with van der Waals surface area (Å²) in [5.74, 6) is -1.13. The van der Waals surface area contributed by atoms with Crippen LogP contribution in [-0.4, -0.2) is 32.8 Å². The van der Waals surface area contributed by atoms with Crippen LogP contribution in [-0.2, 0) is 28.6 Å². The van der Waals surface area contributed by atoms with Crippen LogP contribution in [0.5, 0.6) is 0 Å². The number of amides is 1. The lowest BCUT2D eigenvalue weighted by molar-refractivity contribution is -0.185. The zero-order valence-electron chi connectivity index (χ0n) is 20.2. The normalized spacial score (nSPS) is 12.7. The Morgan fingerprint density at radius 1 is 1.03 bits per heavy atom. The maximum Gasteiger partial charge on any atom is 0.401 e. The lowest BCUT2D eigenvalue weighted by Crippen LogP contribution is -2.35. The third-order valence-corrected chi connectivity index (χ3v) is 5.69. The van der Waals surface area contributed by atoms with Crippen molar-refractivity contribution in [3.63, 3.8) is 0 Å². The number of aromatic nitrogens is 3. The molecule has 0 atom stereocenters. The highest BCUT2D eigenvalue weighted by Gasteiger charge is 2.51. The molecule has 2 aromatic heterocycles. The Kier molecular flexibility index (Phi) is 6.58. The van der Waals surface area contributed by atoms with E-state index in [1.807, 2.05) is 20.8 Å². The molecule has 188 valence electrons. The maximum atomic E-state index is 13.2. The molecule has 2 heterocycles. The van der Waals surface area contributed by atoms with Crippen molar-refractivity contribution in [2.45, 2.75) is 64.6 Å². The first-order valence-corrected chi connectivity index (χ1v) is 10.8. The lowest BCUT2D eigenvalue weighted by Gasteiger charge is -2.24. The number of rotatable bonds is 7. The summed E-state index contributed by atoms with van der Waals surface area (Å²) in [5.41, 5.74) is 10.8. The highest BCUT2D eigenvalue weighted by molar-refractivity contribution is 6.03. The van der Waals surface area contributed by atoms with Gasteiger partial charge in [0.1, 0.15) is 28.3 Å². The van der Waals surface area contributed by atoms with Crippen molar-refractivity contribution in [1.29, 1.82) is 0 Å². The Morgan fingerprint density at radius 2 is 1.63 bits per heavy atom. The smallest absolute Gasteiger partial charge is 0.383 e. The molecule has 0 radical (unpaired) electrons. The fraction of sp³-hybridized carbons (Fsp3) is 0.417. The Hall–Kier alpha value is -3.63. The van der Waals surface area contributed by atoms with Crippen LogP contribution >= 0.6 is 0 Å². The van der Waals surface area contributed by atoms with Crippen LogP contribution in [0.15, 0.2) is 34.9 Å². The van der Waals surface area contributed by atoms with Gasteiger partial charge in [-0.25, -0.2) is 4.68 Å². The fourth-order valence-corrected chi connectivity index (χ4v) is 3.49. The zero-order valence-corrected chi connectivity index (χ0v) is 20.2. The number of nitrogens with zero attached hydrogens (tertiary/aromatic N) is 3. The highest BCUT2D eigenvalue weighted by atomic mass is 19.4. The van der Waals surface area contributed by atoms with Gasteiger partial charge in [0.05, 0.1) is 17.7 Å². The van der Waals surface area contributed by atoms with Crippen molar-refractivity contribution in [2.75, 3.05) is 5.73 Å². The molecule has 0 saturated heterocycles. The van der Waals surface area contributed by atoms with E-state index in [-0.39, 0.29) is 41.5 Å². The number of nitrogens with two attached hydrogens (primary N) is 2. The van der Waals surface area contributed by atoms with Crippen LogP contribution in [0.3, 0.4) is 0 Å². The SMILES string of the molecule is CC(C)(C)n1nc(-c2ccc(CC(=O)Cc3cc(C(C)(C)C(F)(F)F)on3)cc2)c(C(N)=O)c1N. The summed E-state index contributed by atoms with van der Waals surface area (Å²) in [5, 5.41) is 8.11. The molecule has 0 aliphatic heterocycles. The van der Waals surface area contributed by atoms with Crippen molar-refractivity contribution < 1.29 is 27.3 Å². The summed E-state index contributed by atoms with van der Waals surface area (Å²) in [7, 11) is 0. The van der Waals surface area contributed by atoms with Crippen LogP contribution in [0.25, 0.3) is 11.3 Å². The molecule has 0 aliphatic rings. The van der Waals surface area contributed by atoms with Gasteiger partial charge in [0.15, 0.2) is 5.76 Å². The molecule has 4 N–H and O–H groups in total. The third-order valence-electron chi connectivity index (χ3n) is 5.69. The Morgan fingerprint density at radius 3 is 2.14 bits per heavy atom. The minimum atomic E-state index is -4.52. The second-order valence-corrected chi connectivity index (χ2v) is 9.95. The molecule has 1 aromatic carbocycles. The predicted octanol–water partition coefficient (Wildman–Crippen LogP) is 4.17. The van der Waals surface area contributed by atoms with Gasteiger partial charge >= 0.3 is 6.18 Å². The molecule has 3 aromatic rings. The number of carbonyl (C=O) groups excluding carboxylic acids is 2. The number of hydrogen-bond acceptors (Lipinski definition) is 6. The molecule has 8 nitrogen and oxygen atoms in total. The van der Waals surface area contributed by atoms with Crippen molar-refractivity contribution in [3.05, 3.63) is 52.9 Å².